The van der Waals surface area contributed by atoms with Gasteiger partial charge < -0.3 is 0 Å². The Labute approximate surface area is 231 Å². The standard InChI is InChI=1S/C31H25ClN4OS/c1-20-13-14-21(2)27(19-20)29-26-11-7-8-12-28(26)31(35(33-29)24-9-5-4-6-10-24)36(34-30(38-31)22(3)37)25-17-15-23(32)16-18-25/h4-19H,1-3H3. The highest BCUT2D eigenvalue weighted by Crippen LogP contribution is 2.55. The number of thioether (sulfide) groups is 1. The molecule has 6 rings (SSSR count). The lowest BCUT2D eigenvalue weighted by atomic mass is 9.90. The molecule has 38 heavy (non-hydrogen) atoms. The van der Waals surface area contributed by atoms with Gasteiger partial charge in [0.1, 0.15) is 0 Å². The molecule has 0 saturated carbocycles. The third kappa shape index (κ3) is 3.92. The Hall–Kier alpha value is -3.87. The van der Waals surface area contributed by atoms with E-state index in [1.807, 2.05) is 76.7 Å². The number of anilines is 2. The van der Waals surface area contributed by atoms with Crippen molar-refractivity contribution in [3.05, 3.63) is 130 Å². The van der Waals surface area contributed by atoms with E-state index < -0.39 is 4.99 Å². The predicted molar refractivity (Wildman–Crippen MR) is 158 cm³/mol. The van der Waals surface area contributed by atoms with Gasteiger partial charge in [-0.05, 0) is 73.6 Å². The van der Waals surface area contributed by atoms with Crippen molar-refractivity contribution in [2.45, 2.75) is 25.8 Å². The number of halogens is 1. The van der Waals surface area contributed by atoms with Crippen molar-refractivity contribution in [2.75, 3.05) is 10.0 Å². The van der Waals surface area contributed by atoms with Crippen LogP contribution < -0.4 is 10.0 Å². The van der Waals surface area contributed by atoms with E-state index in [4.69, 9.17) is 21.8 Å². The van der Waals surface area contributed by atoms with Gasteiger partial charge in [-0.2, -0.15) is 10.2 Å². The maximum Gasteiger partial charge on any atom is 0.234 e. The van der Waals surface area contributed by atoms with E-state index >= 15 is 0 Å². The van der Waals surface area contributed by atoms with Crippen molar-refractivity contribution in [1.82, 2.24) is 0 Å². The lowest BCUT2D eigenvalue weighted by Crippen LogP contribution is -2.54. The van der Waals surface area contributed by atoms with Crippen molar-refractivity contribution in [3.8, 4) is 0 Å². The summed E-state index contributed by atoms with van der Waals surface area (Å²) in [7, 11) is 0. The molecule has 0 aliphatic carbocycles. The molecule has 1 unspecified atom stereocenters. The Balaban J connectivity index is 1.68. The number of carbonyl (C=O) groups excluding carboxylic acids is 1. The summed E-state index contributed by atoms with van der Waals surface area (Å²) in [4.78, 5) is 11.8. The fraction of sp³-hybridized carbons (Fsp3) is 0.129. The third-order valence-corrected chi connectivity index (χ3v) is 8.42. The van der Waals surface area contributed by atoms with Gasteiger partial charge in [0.15, 0.2) is 10.8 Å². The quantitative estimate of drug-likeness (QED) is 0.271. The normalized spacial score (nSPS) is 18.3. The zero-order chi connectivity index (χ0) is 26.4. The first-order valence-corrected chi connectivity index (χ1v) is 13.5. The van der Waals surface area contributed by atoms with Crippen LogP contribution in [0.2, 0.25) is 5.02 Å². The number of nitrogens with zero attached hydrogens (tertiary/aromatic N) is 4. The van der Waals surface area contributed by atoms with Gasteiger partial charge in [0.2, 0.25) is 4.99 Å². The van der Waals surface area contributed by atoms with Crippen LogP contribution >= 0.6 is 23.4 Å². The van der Waals surface area contributed by atoms with Crippen LogP contribution in [0, 0.1) is 13.8 Å². The van der Waals surface area contributed by atoms with Crippen molar-refractivity contribution >= 4 is 51.3 Å². The summed E-state index contributed by atoms with van der Waals surface area (Å²) in [5, 5.41) is 15.2. The van der Waals surface area contributed by atoms with Crippen molar-refractivity contribution in [3.63, 3.8) is 0 Å². The number of aryl methyl sites for hydroxylation is 2. The number of carbonyl (C=O) groups is 1. The zero-order valence-electron chi connectivity index (χ0n) is 21.2. The molecule has 0 saturated heterocycles. The van der Waals surface area contributed by atoms with Crippen molar-refractivity contribution < 1.29 is 4.79 Å². The molecule has 188 valence electrons. The second-order valence-electron chi connectivity index (χ2n) is 9.42. The number of fused-ring (bicyclic) bond motifs is 2. The van der Waals surface area contributed by atoms with E-state index in [-0.39, 0.29) is 5.78 Å². The molecule has 5 nitrogen and oxygen atoms in total. The molecule has 0 radical (unpaired) electrons. The van der Waals surface area contributed by atoms with Gasteiger partial charge in [-0.1, -0.05) is 71.8 Å². The minimum Gasteiger partial charge on any atom is -0.292 e. The number of benzene rings is 4. The summed E-state index contributed by atoms with van der Waals surface area (Å²) in [5.74, 6) is -0.0966. The number of Topliss-reactive ketones (excluding diaryl/α,β-unsaturated/α-hetero) is 1. The lowest BCUT2D eigenvalue weighted by Gasteiger charge is -2.47. The van der Waals surface area contributed by atoms with Crippen LogP contribution in [0.15, 0.2) is 107 Å². The molecule has 2 aliphatic heterocycles. The first-order valence-electron chi connectivity index (χ1n) is 12.3. The highest BCUT2D eigenvalue weighted by Gasteiger charge is 2.55. The number of ketones is 1. The van der Waals surface area contributed by atoms with Crippen LogP contribution in [0.3, 0.4) is 0 Å². The van der Waals surface area contributed by atoms with E-state index in [0.29, 0.717) is 10.1 Å². The monoisotopic (exact) mass is 536 g/mol. The highest BCUT2D eigenvalue weighted by atomic mass is 35.5. The maximum atomic E-state index is 12.8. The van der Waals surface area contributed by atoms with Crippen LogP contribution in [-0.2, 0) is 9.79 Å². The minimum atomic E-state index is -0.978. The van der Waals surface area contributed by atoms with Crippen molar-refractivity contribution in [2.24, 2.45) is 10.2 Å². The van der Waals surface area contributed by atoms with E-state index in [0.717, 1.165) is 44.9 Å². The fourth-order valence-corrected chi connectivity index (χ4v) is 6.33. The second-order valence-corrected chi connectivity index (χ2v) is 11.0. The molecule has 4 aromatic rings. The molecular formula is C31H25ClN4OS. The summed E-state index contributed by atoms with van der Waals surface area (Å²) in [5.41, 5.74) is 7.94. The SMILES string of the molecule is CC(=O)C1=NN(c2ccc(Cl)cc2)C2(S1)c1ccccc1C(c1cc(C)ccc1C)=NN2c1ccccc1. The van der Waals surface area contributed by atoms with Gasteiger partial charge in [-0.15, -0.1) is 0 Å². The molecule has 7 heteroatoms. The van der Waals surface area contributed by atoms with E-state index in [1.165, 1.54) is 11.8 Å². The Morgan fingerprint density at radius 3 is 2.18 bits per heavy atom. The molecule has 0 aromatic heterocycles. The molecule has 1 atom stereocenters. The van der Waals surface area contributed by atoms with Crippen LogP contribution in [0.4, 0.5) is 11.4 Å². The Kier molecular flexibility index (Phi) is 6.09. The van der Waals surface area contributed by atoms with Gasteiger partial charge in [-0.25, -0.2) is 10.0 Å². The Morgan fingerprint density at radius 1 is 0.789 bits per heavy atom. The number of hydrogen-bond acceptors (Lipinski definition) is 6. The first kappa shape index (κ1) is 24.5. The van der Waals surface area contributed by atoms with Gasteiger partial charge in [0, 0.05) is 28.6 Å². The Morgan fingerprint density at radius 2 is 1.45 bits per heavy atom. The van der Waals surface area contributed by atoms with Gasteiger partial charge in [-0.3, -0.25) is 4.79 Å². The van der Waals surface area contributed by atoms with Crippen LogP contribution in [0.1, 0.15) is 34.7 Å². The fourth-order valence-electron chi connectivity index (χ4n) is 4.92. The summed E-state index contributed by atoms with van der Waals surface area (Å²) in [6, 6.07) is 32.3. The third-order valence-electron chi connectivity index (χ3n) is 6.76. The van der Waals surface area contributed by atoms with Crippen molar-refractivity contribution in [1.29, 1.82) is 0 Å². The minimum absolute atomic E-state index is 0.0966. The topological polar surface area (TPSA) is 48.3 Å². The Bertz CT molecular complexity index is 1620. The molecule has 0 amide bonds. The highest BCUT2D eigenvalue weighted by molar-refractivity contribution is 8.17. The molecule has 1 spiro atoms. The van der Waals surface area contributed by atoms with Crippen LogP contribution in [0.5, 0.6) is 0 Å². The maximum absolute atomic E-state index is 12.8. The largest absolute Gasteiger partial charge is 0.292 e. The average molecular weight is 537 g/mol. The van der Waals surface area contributed by atoms with Gasteiger partial charge >= 0.3 is 0 Å². The summed E-state index contributed by atoms with van der Waals surface area (Å²) in [6.07, 6.45) is 0. The van der Waals surface area contributed by atoms with Crippen LogP contribution in [0.25, 0.3) is 0 Å². The zero-order valence-corrected chi connectivity index (χ0v) is 22.8. The first-order chi connectivity index (χ1) is 18.4. The number of hydrazone groups is 2. The molecule has 0 fully saturated rings. The predicted octanol–water partition coefficient (Wildman–Crippen LogP) is 7.50. The van der Waals surface area contributed by atoms with E-state index in [9.17, 15) is 4.79 Å². The average Bonchev–Trinajstić information content (AvgIpc) is 3.33. The van der Waals surface area contributed by atoms with Gasteiger partial charge in [0.25, 0.3) is 0 Å². The summed E-state index contributed by atoms with van der Waals surface area (Å²) in [6.45, 7) is 5.76. The molecule has 0 bridgehead atoms. The molecule has 2 aliphatic rings. The van der Waals surface area contributed by atoms with Crippen LogP contribution in [-0.4, -0.2) is 16.5 Å². The van der Waals surface area contributed by atoms with E-state index in [2.05, 4.69) is 44.2 Å². The molecule has 4 aromatic carbocycles. The lowest BCUT2D eigenvalue weighted by molar-refractivity contribution is -0.110. The smallest absolute Gasteiger partial charge is 0.234 e. The number of rotatable bonds is 4. The summed E-state index contributed by atoms with van der Waals surface area (Å²) < 4.78 is 0. The second kappa shape index (κ2) is 9.46. The number of para-hydroxylation sites is 1. The molecular weight excluding hydrogens is 512 g/mol. The van der Waals surface area contributed by atoms with Gasteiger partial charge in [0.05, 0.1) is 17.1 Å². The molecule has 0 N–H and O–H groups in total. The summed E-state index contributed by atoms with van der Waals surface area (Å²) >= 11 is 7.66. The molecule has 2 heterocycles. The van der Waals surface area contributed by atoms with E-state index in [1.54, 1.807) is 6.92 Å². The number of hydrogen-bond donors (Lipinski definition) is 0.